The maximum atomic E-state index is 13.0. The van der Waals surface area contributed by atoms with Crippen molar-refractivity contribution in [3.05, 3.63) is 41.7 Å². The Labute approximate surface area is 180 Å². The van der Waals surface area contributed by atoms with Crippen LogP contribution in [0.5, 0.6) is 0 Å². The van der Waals surface area contributed by atoms with E-state index in [-0.39, 0.29) is 41.6 Å². The average Bonchev–Trinajstić information content (AvgIpc) is 3.11. The first-order chi connectivity index (χ1) is 14.6. The van der Waals surface area contributed by atoms with Crippen LogP contribution >= 0.6 is 0 Å². The molecule has 0 aliphatic carbocycles. The van der Waals surface area contributed by atoms with Crippen LogP contribution in [0.4, 0.5) is 5.82 Å². The smallest absolute Gasteiger partial charge is 0.338 e. The Morgan fingerprint density at radius 3 is 2.52 bits per heavy atom. The maximum absolute atomic E-state index is 13.0. The van der Waals surface area contributed by atoms with Gasteiger partial charge in [-0.15, -0.1) is 0 Å². The molecule has 3 unspecified atom stereocenters. The lowest BCUT2D eigenvalue weighted by atomic mass is 10.2. The maximum Gasteiger partial charge on any atom is 0.338 e. The van der Waals surface area contributed by atoms with Crippen molar-refractivity contribution in [1.29, 1.82) is 0 Å². The van der Waals surface area contributed by atoms with Gasteiger partial charge in [0.2, 0.25) is 10.0 Å². The molecule has 1 aromatic carbocycles. The second kappa shape index (κ2) is 9.16. The molecule has 3 rings (SSSR count). The van der Waals surface area contributed by atoms with E-state index in [1.165, 1.54) is 41.6 Å². The van der Waals surface area contributed by atoms with E-state index in [2.05, 4.69) is 10.5 Å². The minimum atomic E-state index is -3.82. The van der Waals surface area contributed by atoms with E-state index in [0.717, 1.165) is 0 Å². The number of amides is 1. The van der Waals surface area contributed by atoms with Crippen LogP contribution in [0.1, 0.15) is 36.9 Å². The third-order valence-corrected chi connectivity index (χ3v) is 6.45. The Kier molecular flexibility index (Phi) is 6.77. The van der Waals surface area contributed by atoms with Gasteiger partial charge in [0.25, 0.3) is 5.91 Å². The minimum Gasteiger partial charge on any atom is -0.449 e. The number of nitrogens with zero attached hydrogens (tertiary/aromatic N) is 2. The number of nitrogens with one attached hydrogen (secondary N) is 1. The first-order valence-corrected chi connectivity index (χ1v) is 11.2. The SMILES string of the molecule is Cc1cc(NC(=O)C(C)OC(=O)c2cccc(S(=O)(=O)N3CC(C)OC(C)C3)c2)no1. The molecule has 31 heavy (non-hydrogen) atoms. The number of hydrogen-bond donors (Lipinski definition) is 1. The van der Waals surface area contributed by atoms with Crippen molar-refractivity contribution in [2.24, 2.45) is 0 Å². The van der Waals surface area contributed by atoms with E-state index in [9.17, 15) is 18.0 Å². The van der Waals surface area contributed by atoms with Gasteiger partial charge in [-0.2, -0.15) is 4.31 Å². The normalized spacial score (nSPS) is 20.8. The summed E-state index contributed by atoms with van der Waals surface area (Å²) >= 11 is 0. The number of hydrogen-bond acceptors (Lipinski definition) is 8. The summed E-state index contributed by atoms with van der Waals surface area (Å²) in [6.07, 6.45) is -1.61. The highest BCUT2D eigenvalue weighted by Gasteiger charge is 2.32. The summed E-state index contributed by atoms with van der Waals surface area (Å²) in [5.74, 6) is -0.698. The van der Waals surface area contributed by atoms with E-state index in [4.69, 9.17) is 14.0 Å². The highest BCUT2D eigenvalue weighted by atomic mass is 32.2. The molecule has 10 nitrogen and oxygen atoms in total. The summed E-state index contributed by atoms with van der Waals surface area (Å²) in [4.78, 5) is 24.7. The second-order valence-corrected chi connectivity index (χ2v) is 9.40. The fourth-order valence-electron chi connectivity index (χ4n) is 3.19. The molecule has 11 heteroatoms. The number of anilines is 1. The standard InChI is InChI=1S/C20H25N3O7S/c1-12-8-18(22-30-12)21-19(24)15(4)29-20(25)16-6-5-7-17(9-16)31(26,27)23-10-13(2)28-14(3)11-23/h5-9,13-15H,10-11H2,1-4H3,(H,21,22,24). The predicted molar refractivity (Wildman–Crippen MR) is 110 cm³/mol. The summed E-state index contributed by atoms with van der Waals surface area (Å²) in [6.45, 7) is 7.13. The summed E-state index contributed by atoms with van der Waals surface area (Å²) in [5.41, 5.74) is 0.0207. The predicted octanol–water partition coefficient (Wildman–Crippen LogP) is 1.96. The van der Waals surface area contributed by atoms with Crippen molar-refractivity contribution in [1.82, 2.24) is 9.46 Å². The minimum absolute atomic E-state index is 0.0207. The largest absolute Gasteiger partial charge is 0.449 e. The Bertz CT molecular complexity index is 1060. The van der Waals surface area contributed by atoms with Gasteiger partial charge < -0.3 is 19.3 Å². The fraction of sp³-hybridized carbons (Fsp3) is 0.450. The zero-order valence-corrected chi connectivity index (χ0v) is 18.5. The van der Waals surface area contributed by atoms with Crippen LogP contribution in [-0.4, -0.2) is 61.2 Å². The van der Waals surface area contributed by atoms with Crippen LogP contribution in [0.25, 0.3) is 0 Å². The molecule has 2 aromatic rings. The molecule has 2 heterocycles. The zero-order valence-electron chi connectivity index (χ0n) is 17.7. The van der Waals surface area contributed by atoms with Gasteiger partial charge in [-0.3, -0.25) is 4.79 Å². The Morgan fingerprint density at radius 1 is 1.23 bits per heavy atom. The number of aryl methyl sites for hydroxylation is 1. The van der Waals surface area contributed by atoms with E-state index in [1.54, 1.807) is 20.8 Å². The number of carbonyl (C=O) groups excluding carboxylic acids is 2. The molecule has 3 atom stereocenters. The number of sulfonamides is 1. The van der Waals surface area contributed by atoms with Crippen LogP contribution in [0.3, 0.4) is 0 Å². The lowest BCUT2D eigenvalue weighted by Crippen LogP contribution is -2.48. The van der Waals surface area contributed by atoms with Crippen LogP contribution in [0, 0.1) is 6.92 Å². The topological polar surface area (TPSA) is 128 Å². The highest BCUT2D eigenvalue weighted by Crippen LogP contribution is 2.22. The number of rotatable bonds is 6. The molecule has 0 radical (unpaired) electrons. The number of morpholine rings is 1. The molecule has 1 aliphatic heterocycles. The molecule has 1 aromatic heterocycles. The van der Waals surface area contributed by atoms with Crippen LogP contribution < -0.4 is 5.32 Å². The molecule has 0 saturated carbocycles. The van der Waals surface area contributed by atoms with Crippen LogP contribution in [0.15, 0.2) is 39.8 Å². The van der Waals surface area contributed by atoms with Gasteiger partial charge in [0, 0.05) is 19.2 Å². The quantitative estimate of drug-likeness (QED) is 0.660. The van der Waals surface area contributed by atoms with Crippen molar-refractivity contribution in [3.63, 3.8) is 0 Å². The first kappa shape index (κ1) is 22.9. The van der Waals surface area contributed by atoms with Gasteiger partial charge in [-0.05, 0) is 45.9 Å². The van der Waals surface area contributed by atoms with E-state index < -0.39 is 28.0 Å². The van der Waals surface area contributed by atoms with Crippen LogP contribution in [-0.2, 0) is 24.3 Å². The molecule has 1 N–H and O–H groups in total. The number of benzene rings is 1. The van der Waals surface area contributed by atoms with Crippen molar-refractivity contribution in [2.75, 3.05) is 18.4 Å². The monoisotopic (exact) mass is 451 g/mol. The third-order valence-electron chi connectivity index (χ3n) is 4.63. The average molecular weight is 452 g/mol. The number of carbonyl (C=O) groups is 2. The Morgan fingerprint density at radius 2 is 1.90 bits per heavy atom. The molecule has 1 amide bonds. The van der Waals surface area contributed by atoms with Gasteiger partial charge in [0.05, 0.1) is 22.7 Å². The van der Waals surface area contributed by atoms with Gasteiger partial charge in [-0.25, -0.2) is 13.2 Å². The fourth-order valence-corrected chi connectivity index (χ4v) is 4.83. The van der Waals surface area contributed by atoms with Crippen molar-refractivity contribution >= 4 is 27.7 Å². The Hall–Kier alpha value is -2.76. The number of ether oxygens (including phenoxy) is 2. The van der Waals surface area contributed by atoms with Crippen LogP contribution in [0.2, 0.25) is 0 Å². The molecule has 1 saturated heterocycles. The van der Waals surface area contributed by atoms with Gasteiger partial charge in [-0.1, -0.05) is 11.2 Å². The zero-order chi connectivity index (χ0) is 22.8. The molecule has 1 fully saturated rings. The van der Waals surface area contributed by atoms with E-state index in [0.29, 0.717) is 5.76 Å². The molecule has 1 aliphatic rings. The van der Waals surface area contributed by atoms with Gasteiger partial charge in [0.1, 0.15) is 5.76 Å². The first-order valence-electron chi connectivity index (χ1n) is 9.77. The van der Waals surface area contributed by atoms with Crippen molar-refractivity contribution < 1.29 is 32.0 Å². The summed E-state index contributed by atoms with van der Waals surface area (Å²) in [6, 6.07) is 7.07. The van der Waals surface area contributed by atoms with Gasteiger partial charge >= 0.3 is 5.97 Å². The summed E-state index contributed by atoms with van der Waals surface area (Å²) in [7, 11) is -3.82. The number of aromatic nitrogens is 1. The third kappa shape index (κ3) is 5.49. The van der Waals surface area contributed by atoms with Crippen molar-refractivity contribution in [2.45, 2.75) is 50.9 Å². The van der Waals surface area contributed by atoms with E-state index >= 15 is 0 Å². The molecule has 0 spiro atoms. The Balaban J connectivity index is 1.70. The molecular formula is C20H25N3O7S. The highest BCUT2D eigenvalue weighted by molar-refractivity contribution is 7.89. The lowest BCUT2D eigenvalue weighted by molar-refractivity contribution is -0.123. The molecule has 168 valence electrons. The number of esters is 1. The summed E-state index contributed by atoms with van der Waals surface area (Å²) in [5, 5.41) is 6.11. The lowest BCUT2D eigenvalue weighted by Gasteiger charge is -2.34. The van der Waals surface area contributed by atoms with Gasteiger partial charge in [0.15, 0.2) is 11.9 Å². The summed E-state index contributed by atoms with van der Waals surface area (Å²) < 4.78 is 43.0. The van der Waals surface area contributed by atoms with Crippen molar-refractivity contribution in [3.8, 4) is 0 Å². The molecule has 0 bridgehead atoms. The molecular weight excluding hydrogens is 426 g/mol. The van der Waals surface area contributed by atoms with E-state index in [1.807, 2.05) is 0 Å². The second-order valence-electron chi connectivity index (χ2n) is 7.47.